The molecule has 5 nitrogen and oxygen atoms in total. The molecule has 6 heteroatoms. The number of carbonyl (C=O) groups excluding carboxylic acids is 1. The number of ether oxygens (including phenoxy) is 2. The highest BCUT2D eigenvalue weighted by molar-refractivity contribution is 9.10. The SMILES string of the molecule is COc1ccc(N)c(OCC(=O)Nc2cccc(Br)c2)c1. The van der Waals surface area contributed by atoms with Crippen LogP contribution in [0.15, 0.2) is 46.9 Å². The van der Waals surface area contributed by atoms with Gasteiger partial charge < -0.3 is 20.5 Å². The lowest BCUT2D eigenvalue weighted by Gasteiger charge is -2.10. The third-order valence-corrected chi connectivity index (χ3v) is 3.18. The van der Waals surface area contributed by atoms with Gasteiger partial charge in [-0.05, 0) is 30.3 Å². The first-order valence-electron chi connectivity index (χ1n) is 6.20. The van der Waals surface area contributed by atoms with Crippen LogP contribution in [0.25, 0.3) is 0 Å². The van der Waals surface area contributed by atoms with Crippen LogP contribution < -0.4 is 20.5 Å². The van der Waals surface area contributed by atoms with E-state index in [4.69, 9.17) is 15.2 Å². The summed E-state index contributed by atoms with van der Waals surface area (Å²) in [6.45, 7) is -0.135. The molecule has 0 aliphatic carbocycles. The van der Waals surface area contributed by atoms with Crippen molar-refractivity contribution < 1.29 is 14.3 Å². The number of nitrogens with one attached hydrogen (secondary N) is 1. The second kappa shape index (κ2) is 6.99. The molecule has 21 heavy (non-hydrogen) atoms. The summed E-state index contributed by atoms with van der Waals surface area (Å²) in [5.41, 5.74) is 6.93. The number of methoxy groups -OCH3 is 1. The number of carbonyl (C=O) groups is 1. The van der Waals surface area contributed by atoms with Gasteiger partial charge in [0.2, 0.25) is 0 Å². The molecule has 0 heterocycles. The third kappa shape index (κ3) is 4.39. The molecule has 0 saturated heterocycles. The van der Waals surface area contributed by atoms with Crippen molar-refractivity contribution in [3.05, 3.63) is 46.9 Å². The minimum atomic E-state index is -0.268. The Labute approximate surface area is 131 Å². The molecule has 0 spiro atoms. The Morgan fingerprint density at radius 3 is 2.81 bits per heavy atom. The van der Waals surface area contributed by atoms with E-state index in [2.05, 4.69) is 21.2 Å². The molecule has 0 saturated carbocycles. The van der Waals surface area contributed by atoms with Gasteiger partial charge in [0.15, 0.2) is 6.61 Å². The number of nitrogen functional groups attached to an aromatic ring is 1. The van der Waals surface area contributed by atoms with Crippen LogP contribution in [0.2, 0.25) is 0 Å². The van der Waals surface area contributed by atoms with Crippen molar-refractivity contribution in [1.82, 2.24) is 0 Å². The molecule has 1 amide bonds. The normalized spacial score (nSPS) is 10.0. The topological polar surface area (TPSA) is 73.6 Å². The quantitative estimate of drug-likeness (QED) is 0.812. The Hall–Kier alpha value is -2.21. The molecule has 110 valence electrons. The van der Waals surface area contributed by atoms with Gasteiger partial charge in [0.1, 0.15) is 11.5 Å². The van der Waals surface area contributed by atoms with Gasteiger partial charge in [-0.15, -0.1) is 0 Å². The zero-order valence-corrected chi connectivity index (χ0v) is 13.0. The number of hydrogen-bond acceptors (Lipinski definition) is 4. The minimum absolute atomic E-state index is 0.135. The van der Waals surface area contributed by atoms with E-state index in [9.17, 15) is 4.79 Å². The van der Waals surface area contributed by atoms with Crippen LogP contribution in [0.3, 0.4) is 0 Å². The fraction of sp³-hybridized carbons (Fsp3) is 0.133. The molecule has 0 radical (unpaired) electrons. The van der Waals surface area contributed by atoms with Gasteiger partial charge in [0.05, 0.1) is 12.8 Å². The summed E-state index contributed by atoms with van der Waals surface area (Å²) in [5, 5.41) is 2.74. The van der Waals surface area contributed by atoms with Gasteiger partial charge >= 0.3 is 0 Å². The summed E-state index contributed by atoms with van der Waals surface area (Å²) in [7, 11) is 1.55. The first kappa shape index (κ1) is 15.2. The van der Waals surface area contributed by atoms with Gasteiger partial charge in [-0.2, -0.15) is 0 Å². The maximum atomic E-state index is 11.8. The average Bonchev–Trinajstić information content (AvgIpc) is 2.46. The number of benzene rings is 2. The highest BCUT2D eigenvalue weighted by atomic mass is 79.9. The predicted molar refractivity (Wildman–Crippen MR) is 85.7 cm³/mol. The predicted octanol–water partition coefficient (Wildman–Crippen LogP) is 3.06. The number of anilines is 2. The van der Waals surface area contributed by atoms with E-state index in [1.165, 1.54) is 0 Å². The van der Waals surface area contributed by atoms with E-state index in [1.54, 1.807) is 37.4 Å². The molecule has 0 aliphatic heterocycles. The first-order valence-corrected chi connectivity index (χ1v) is 6.99. The molecular formula is C15H15BrN2O3. The summed E-state index contributed by atoms with van der Waals surface area (Å²) in [6, 6.07) is 12.3. The summed E-state index contributed by atoms with van der Waals surface area (Å²) in [5.74, 6) is 0.765. The largest absolute Gasteiger partial charge is 0.497 e. The van der Waals surface area contributed by atoms with E-state index in [0.717, 1.165) is 4.47 Å². The second-order valence-corrected chi connectivity index (χ2v) is 5.17. The van der Waals surface area contributed by atoms with Crippen LogP contribution in [0.4, 0.5) is 11.4 Å². The first-order chi connectivity index (χ1) is 10.1. The average molecular weight is 351 g/mol. The molecule has 2 aromatic rings. The van der Waals surface area contributed by atoms with Crippen molar-refractivity contribution in [2.75, 3.05) is 24.8 Å². The highest BCUT2D eigenvalue weighted by Gasteiger charge is 2.07. The van der Waals surface area contributed by atoms with Crippen LogP contribution in [0.5, 0.6) is 11.5 Å². The summed E-state index contributed by atoms with van der Waals surface area (Å²) in [6.07, 6.45) is 0. The number of rotatable bonds is 5. The van der Waals surface area contributed by atoms with E-state index in [-0.39, 0.29) is 12.5 Å². The number of nitrogens with two attached hydrogens (primary N) is 1. The lowest BCUT2D eigenvalue weighted by molar-refractivity contribution is -0.118. The number of halogens is 1. The van der Waals surface area contributed by atoms with Crippen molar-refractivity contribution in [3.63, 3.8) is 0 Å². The van der Waals surface area contributed by atoms with Gasteiger partial charge in [0, 0.05) is 16.2 Å². The van der Waals surface area contributed by atoms with E-state index >= 15 is 0 Å². The van der Waals surface area contributed by atoms with Gasteiger partial charge in [-0.3, -0.25) is 4.79 Å². The van der Waals surface area contributed by atoms with Gasteiger partial charge in [0.25, 0.3) is 5.91 Å². The molecule has 0 bridgehead atoms. The van der Waals surface area contributed by atoms with Crippen molar-refractivity contribution in [2.24, 2.45) is 0 Å². The monoisotopic (exact) mass is 350 g/mol. The number of hydrogen-bond donors (Lipinski definition) is 2. The van der Waals surface area contributed by atoms with Crippen LogP contribution in [-0.2, 0) is 4.79 Å². The molecule has 0 atom stereocenters. The van der Waals surface area contributed by atoms with Crippen LogP contribution >= 0.6 is 15.9 Å². The molecule has 0 aliphatic rings. The lowest BCUT2D eigenvalue weighted by Crippen LogP contribution is -2.20. The maximum Gasteiger partial charge on any atom is 0.262 e. The van der Waals surface area contributed by atoms with Crippen LogP contribution in [0.1, 0.15) is 0 Å². The summed E-state index contributed by atoms with van der Waals surface area (Å²) >= 11 is 3.34. The van der Waals surface area contributed by atoms with Crippen molar-refractivity contribution >= 4 is 33.2 Å². The Bertz CT molecular complexity index is 647. The fourth-order valence-corrected chi connectivity index (χ4v) is 2.07. The van der Waals surface area contributed by atoms with E-state index in [0.29, 0.717) is 22.9 Å². The molecule has 0 fully saturated rings. The molecule has 2 rings (SSSR count). The minimum Gasteiger partial charge on any atom is -0.497 e. The third-order valence-electron chi connectivity index (χ3n) is 2.69. The summed E-state index contributed by atoms with van der Waals surface area (Å²) < 4.78 is 11.4. The van der Waals surface area contributed by atoms with E-state index in [1.807, 2.05) is 12.1 Å². The van der Waals surface area contributed by atoms with E-state index < -0.39 is 0 Å². The Morgan fingerprint density at radius 2 is 2.10 bits per heavy atom. The fourth-order valence-electron chi connectivity index (χ4n) is 1.67. The zero-order chi connectivity index (χ0) is 15.2. The second-order valence-electron chi connectivity index (χ2n) is 4.25. The standard InChI is InChI=1S/C15H15BrN2O3/c1-20-12-5-6-13(17)14(8-12)21-9-15(19)18-11-4-2-3-10(16)7-11/h2-8H,9,17H2,1H3,(H,18,19). The maximum absolute atomic E-state index is 11.8. The molecule has 2 aromatic carbocycles. The van der Waals surface area contributed by atoms with Crippen molar-refractivity contribution in [2.45, 2.75) is 0 Å². The molecule has 3 N–H and O–H groups in total. The van der Waals surface area contributed by atoms with Crippen LogP contribution in [-0.4, -0.2) is 19.6 Å². The molecule has 0 aromatic heterocycles. The molecular weight excluding hydrogens is 336 g/mol. The van der Waals surface area contributed by atoms with Crippen molar-refractivity contribution in [3.8, 4) is 11.5 Å². The smallest absolute Gasteiger partial charge is 0.262 e. The van der Waals surface area contributed by atoms with Gasteiger partial charge in [-0.25, -0.2) is 0 Å². The van der Waals surface area contributed by atoms with Crippen molar-refractivity contribution in [1.29, 1.82) is 0 Å². The zero-order valence-electron chi connectivity index (χ0n) is 11.4. The summed E-state index contributed by atoms with van der Waals surface area (Å²) in [4.78, 5) is 11.8. The van der Waals surface area contributed by atoms with Gasteiger partial charge in [-0.1, -0.05) is 22.0 Å². The Balaban J connectivity index is 1.95. The Kier molecular flexibility index (Phi) is 5.05. The molecule has 0 unspecified atom stereocenters. The Morgan fingerprint density at radius 1 is 1.29 bits per heavy atom. The highest BCUT2D eigenvalue weighted by Crippen LogP contribution is 2.26. The number of amides is 1. The van der Waals surface area contributed by atoms with Crippen LogP contribution in [0, 0.1) is 0 Å². The lowest BCUT2D eigenvalue weighted by atomic mass is 10.3.